The fourth-order valence-corrected chi connectivity index (χ4v) is 1.81. The van der Waals surface area contributed by atoms with Crippen molar-refractivity contribution >= 4 is 11.8 Å². The van der Waals surface area contributed by atoms with Gasteiger partial charge in [-0.3, -0.25) is 9.59 Å². The van der Waals surface area contributed by atoms with Gasteiger partial charge in [-0.1, -0.05) is 18.2 Å². The molecular formula is C15H21FN2O2. The molecule has 0 bridgehead atoms. The van der Waals surface area contributed by atoms with Gasteiger partial charge in [0.05, 0.1) is 0 Å². The van der Waals surface area contributed by atoms with E-state index in [0.29, 0.717) is 5.56 Å². The van der Waals surface area contributed by atoms with Gasteiger partial charge in [-0.05, 0) is 19.9 Å². The number of nitrogens with zero attached hydrogens (tertiary/aromatic N) is 1. The van der Waals surface area contributed by atoms with Crippen molar-refractivity contribution in [2.24, 2.45) is 0 Å². The van der Waals surface area contributed by atoms with E-state index in [1.807, 2.05) is 13.8 Å². The van der Waals surface area contributed by atoms with Gasteiger partial charge in [0.25, 0.3) is 0 Å². The number of carbonyl (C=O) groups excluding carboxylic acids is 2. The first-order valence-corrected chi connectivity index (χ1v) is 6.68. The first kappa shape index (κ1) is 16.1. The van der Waals surface area contributed by atoms with Gasteiger partial charge < -0.3 is 10.2 Å². The zero-order chi connectivity index (χ0) is 15.1. The van der Waals surface area contributed by atoms with Crippen molar-refractivity contribution in [1.29, 1.82) is 0 Å². The van der Waals surface area contributed by atoms with E-state index in [4.69, 9.17) is 0 Å². The van der Waals surface area contributed by atoms with Gasteiger partial charge in [-0.2, -0.15) is 0 Å². The van der Waals surface area contributed by atoms with Gasteiger partial charge in [-0.15, -0.1) is 0 Å². The molecule has 0 aliphatic carbocycles. The van der Waals surface area contributed by atoms with Gasteiger partial charge in [-0.25, -0.2) is 4.39 Å². The number of hydrogen-bond acceptors (Lipinski definition) is 2. The molecule has 0 radical (unpaired) electrons. The summed E-state index contributed by atoms with van der Waals surface area (Å²) in [4.78, 5) is 24.6. The van der Waals surface area contributed by atoms with Crippen molar-refractivity contribution in [3.05, 3.63) is 35.6 Å². The minimum absolute atomic E-state index is 0.0693. The molecule has 1 N–H and O–H groups in total. The second-order valence-electron chi connectivity index (χ2n) is 5.00. The summed E-state index contributed by atoms with van der Waals surface area (Å²) in [6, 6.07) is 6.40. The predicted molar refractivity (Wildman–Crippen MR) is 75.4 cm³/mol. The van der Waals surface area contributed by atoms with Crippen molar-refractivity contribution in [2.45, 2.75) is 39.8 Å². The Bertz CT molecular complexity index is 475. The van der Waals surface area contributed by atoms with E-state index in [9.17, 15) is 14.0 Å². The normalized spacial score (nSPS) is 10.4. The molecule has 0 fully saturated rings. The predicted octanol–water partition coefficient (Wildman–Crippen LogP) is 2.09. The standard InChI is InChI=1S/C15H21FN2O2/c1-11(2)17-15(20)8-9-18(12(3)19)10-13-6-4-5-7-14(13)16/h4-7,11H,8-10H2,1-3H3,(H,17,20). The lowest BCUT2D eigenvalue weighted by Gasteiger charge is -2.21. The van der Waals surface area contributed by atoms with Gasteiger partial charge in [0.15, 0.2) is 0 Å². The van der Waals surface area contributed by atoms with Crippen LogP contribution in [0.2, 0.25) is 0 Å². The first-order chi connectivity index (χ1) is 9.40. The Morgan fingerprint density at radius 1 is 1.30 bits per heavy atom. The number of benzene rings is 1. The SMILES string of the molecule is CC(=O)N(CCC(=O)NC(C)C)Cc1ccccc1F. The molecule has 1 aromatic carbocycles. The lowest BCUT2D eigenvalue weighted by Crippen LogP contribution is -2.35. The van der Waals surface area contributed by atoms with E-state index in [-0.39, 0.29) is 43.2 Å². The highest BCUT2D eigenvalue weighted by Crippen LogP contribution is 2.10. The summed E-state index contributed by atoms with van der Waals surface area (Å²) in [6.45, 7) is 5.63. The molecule has 0 aromatic heterocycles. The highest BCUT2D eigenvalue weighted by molar-refractivity contribution is 5.78. The number of halogens is 1. The van der Waals surface area contributed by atoms with Crippen molar-refractivity contribution in [3.8, 4) is 0 Å². The summed E-state index contributed by atoms with van der Waals surface area (Å²) in [5.41, 5.74) is 0.451. The van der Waals surface area contributed by atoms with Crippen LogP contribution < -0.4 is 5.32 Å². The Morgan fingerprint density at radius 3 is 2.50 bits per heavy atom. The fraction of sp³-hybridized carbons (Fsp3) is 0.467. The molecule has 0 heterocycles. The van der Waals surface area contributed by atoms with Gasteiger partial charge in [0, 0.05) is 38.0 Å². The molecule has 0 aliphatic heterocycles. The van der Waals surface area contributed by atoms with E-state index in [0.717, 1.165) is 0 Å². The number of carbonyl (C=O) groups is 2. The van der Waals surface area contributed by atoms with Crippen LogP contribution in [0.25, 0.3) is 0 Å². The quantitative estimate of drug-likeness (QED) is 0.867. The summed E-state index contributed by atoms with van der Waals surface area (Å²) in [6.07, 6.45) is 0.214. The van der Waals surface area contributed by atoms with Crippen LogP contribution in [-0.4, -0.2) is 29.3 Å². The third-order valence-electron chi connectivity index (χ3n) is 2.82. The average Bonchev–Trinajstić information content (AvgIpc) is 2.35. The largest absolute Gasteiger partial charge is 0.354 e. The minimum Gasteiger partial charge on any atom is -0.354 e. The van der Waals surface area contributed by atoms with E-state index in [2.05, 4.69) is 5.32 Å². The second-order valence-corrected chi connectivity index (χ2v) is 5.00. The molecule has 5 heteroatoms. The van der Waals surface area contributed by atoms with Crippen molar-refractivity contribution in [3.63, 3.8) is 0 Å². The summed E-state index contributed by atoms with van der Waals surface area (Å²) in [7, 11) is 0. The van der Waals surface area contributed by atoms with Crippen LogP contribution in [0.15, 0.2) is 24.3 Å². The lowest BCUT2D eigenvalue weighted by atomic mass is 10.2. The Morgan fingerprint density at radius 2 is 1.95 bits per heavy atom. The van der Waals surface area contributed by atoms with E-state index >= 15 is 0 Å². The molecule has 0 unspecified atom stereocenters. The molecule has 0 atom stereocenters. The van der Waals surface area contributed by atoms with Crippen LogP contribution >= 0.6 is 0 Å². The van der Waals surface area contributed by atoms with Gasteiger partial charge in [0.2, 0.25) is 11.8 Å². The van der Waals surface area contributed by atoms with Crippen LogP contribution in [0.1, 0.15) is 32.8 Å². The van der Waals surface area contributed by atoms with Crippen molar-refractivity contribution in [2.75, 3.05) is 6.54 Å². The maximum Gasteiger partial charge on any atom is 0.221 e. The average molecular weight is 280 g/mol. The number of nitrogens with one attached hydrogen (secondary N) is 1. The molecule has 1 aromatic rings. The smallest absolute Gasteiger partial charge is 0.221 e. The summed E-state index contributed by atoms with van der Waals surface area (Å²) >= 11 is 0. The van der Waals surface area contributed by atoms with Crippen LogP contribution in [-0.2, 0) is 16.1 Å². The number of rotatable bonds is 6. The van der Waals surface area contributed by atoms with Crippen LogP contribution in [0.5, 0.6) is 0 Å². The lowest BCUT2D eigenvalue weighted by molar-refractivity contribution is -0.130. The Hall–Kier alpha value is -1.91. The van der Waals surface area contributed by atoms with Crippen LogP contribution in [0.3, 0.4) is 0 Å². The number of hydrogen-bond donors (Lipinski definition) is 1. The molecule has 0 saturated heterocycles. The molecular weight excluding hydrogens is 259 g/mol. The van der Waals surface area contributed by atoms with Gasteiger partial charge in [0.1, 0.15) is 5.82 Å². The van der Waals surface area contributed by atoms with Crippen molar-refractivity contribution in [1.82, 2.24) is 10.2 Å². The first-order valence-electron chi connectivity index (χ1n) is 6.68. The molecule has 4 nitrogen and oxygen atoms in total. The molecule has 1 rings (SSSR count). The Labute approximate surface area is 119 Å². The fourth-order valence-electron chi connectivity index (χ4n) is 1.81. The third-order valence-corrected chi connectivity index (χ3v) is 2.82. The van der Waals surface area contributed by atoms with Crippen LogP contribution in [0, 0.1) is 5.82 Å². The molecule has 0 spiro atoms. The molecule has 110 valence electrons. The molecule has 20 heavy (non-hydrogen) atoms. The number of amides is 2. The minimum atomic E-state index is -0.342. The van der Waals surface area contributed by atoms with E-state index in [1.165, 1.54) is 17.9 Å². The molecule has 2 amide bonds. The highest BCUT2D eigenvalue weighted by Gasteiger charge is 2.14. The van der Waals surface area contributed by atoms with Crippen molar-refractivity contribution < 1.29 is 14.0 Å². The third kappa shape index (κ3) is 5.38. The van der Waals surface area contributed by atoms with Crippen LogP contribution in [0.4, 0.5) is 4.39 Å². The Balaban J connectivity index is 2.60. The molecule has 0 saturated carbocycles. The van der Waals surface area contributed by atoms with E-state index < -0.39 is 0 Å². The molecule has 0 aliphatic rings. The van der Waals surface area contributed by atoms with E-state index in [1.54, 1.807) is 18.2 Å². The maximum absolute atomic E-state index is 13.6. The second kappa shape index (κ2) is 7.62. The summed E-state index contributed by atoms with van der Waals surface area (Å²) in [5.74, 6) is -0.629. The zero-order valence-electron chi connectivity index (χ0n) is 12.1. The highest BCUT2D eigenvalue weighted by atomic mass is 19.1. The maximum atomic E-state index is 13.6. The summed E-state index contributed by atoms with van der Waals surface area (Å²) < 4.78 is 13.6. The topological polar surface area (TPSA) is 49.4 Å². The zero-order valence-corrected chi connectivity index (χ0v) is 12.1. The monoisotopic (exact) mass is 280 g/mol. The summed E-state index contributed by atoms with van der Waals surface area (Å²) in [5, 5.41) is 2.76. The Kier molecular flexibility index (Phi) is 6.15. The van der Waals surface area contributed by atoms with Gasteiger partial charge >= 0.3 is 0 Å².